The van der Waals surface area contributed by atoms with Gasteiger partial charge in [0.15, 0.2) is 0 Å². The highest BCUT2D eigenvalue weighted by Gasteiger charge is 2.09. The van der Waals surface area contributed by atoms with E-state index in [-0.39, 0.29) is 5.91 Å². The van der Waals surface area contributed by atoms with E-state index in [1.165, 1.54) is 0 Å². The second-order valence-electron chi connectivity index (χ2n) is 7.24. The summed E-state index contributed by atoms with van der Waals surface area (Å²) in [7, 11) is 1.64. The number of hydrogen-bond acceptors (Lipinski definition) is 4. The molecule has 0 fully saturated rings. The standard InChI is InChI=1S/C25H25N3O3/c1-30-22-9-7-19(8-10-22)24-13-11-23(31-24)12-14-25(29)26-17-20-5-2-3-6-21(20)18-28-16-4-15-27-28/h2-11,13,15-16H,12,14,17-18H2,1H3,(H,26,29). The Kier molecular flexibility index (Phi) is 6.47. The molecule has 0 saturated heterocycles. The minimum absolute atomic E-state index is 0.00344. The molecule has 2 heterocycles. The molecule has 0 saturated carbocycles. The molecule has 158 valence electrons. The number of aryl methyl sites for hydroxylation is 1. The van der Waals surface area contributed by atoms with Gasteiger partial charge in [0.2, 0.25) is 5.91 Å². The Morgan fingerprint density at radius 1 is 1.03 bits per heavy atom. The van der Waals surface area contributed by atoms with E-state index >= 15 is 0 Å². The first kappa shape index (κ1) is 20.5. The van der Waals surface area contributed by atoms with Gasteiger partial charge in [0.25, 0.3) is 0 Å². The van der Waals surface area contributed by atoms with Crippen molar-refractivity contribution in [3.05, 3.63) is 96.0 Å². The maximum Gasteiger partial charge on any atom is 0.220 e. The maximum absolute atomic E-state index is 12.4. The predicted octanol–water partition coefficient (Wildman–Crippen LogP) is 4.45. The van der Waals surface area contributed by atoms with Gasteiger partial charge in [0.1, 0.15) is 17.3 Å². The van der Waals surface area contributed by atoms with Gasteiger partial charge >= 0.3 is 0 Å². The molecular formula is C25H25N3O3. The van der Waals surface area contributed by atoms with E-state index in [0.717, 1.165) is 34.0 Å². The van der Waals surface area contributed by atoms with Crippen molar-refractivity contribution in [2.45, 2.75) is 25.9 Å². The lowest BCUT2D eigenvalue weighted by Gasteiger charge is -2.11. The summed E-state index contributed by atoms with van der Waals surface area (Å²) in [6.07, 6.45) is 4.62. The summed E-state index contributed by atoms with van der Waals surface area (Å²) in [4.78, 5) is 12.4. The highest BCUT2D eigenvalue weighted by atomic mass is 16.5. The number of carbonyl (C=O) groups excluding carboxylic acids is 1. The van der Waals surface area contributed by atoms with Crippen molar-refractivity contribution in [1.82, 2.24) is 15.1 Å². The van der Waals surface area contributed by atoms with Gasteiger partial charge < -0.3 is 14.5 Å². The van der Waals surface area contributed by atoms with Gasteiger partial charge in [0.05, 0.1) is 13.7 Å². The van der Waals surface area contributed by atoms with E-state index < -0.39 is 0 Å². The van der Waals surface area contributed by atoms with E-state index in [1.807, 2.05) is 71.5 Å². The van der Waals surface area contributed by atoms with E-state index in [0.29, 0.717) is 25.9 Å². The highest BCUT2D eigenvalue weighted by molar-refractivity contribution is 5.76. The minimum Gasteiger partial charge on any atom is -0.497 e. The van der Waals surface area contributed by atoms with Crippen LogP contribution >= 0.6 is 0 Å². The fourth-order valence-corrected chi connectivity index (χ4v) is 3.39. The fraction of sp³-hybridized carbons (Fsp3) is 0.200. The van der Waals surface area contributed by atoms with Gasteiger partial charge in [-0.1, -0.05) is 24.3 Å². The van der Waals surface area contributed by atoms with Crippen LogP contribution < -0.4 is 10.1 Å². The molecular weight excluding hydrogens is 390 g/mol. The van der Waals surface area contributed by atoms with Crippen LogP contribution in [0.2, 0.25) is 0 Å². The lowest BCUT2D eigenvalue weighted by atomic mass is 10.1. The van der Waals surface area contributed by atoms with Gasteiger partial charge in [-0.3, -0.25) is 9.48 Å². The molecule has 31 heavy (non-hydrogen) atoms. The third-order valence-electron chi connectivity index (χ3n) is 5.12. The molecule has 0 aliphatic heterocycles. The van der Waals surface area contributed by atoms with Crippen LogP contribution in [0.4, 0.5) is 0 Å². The SMILES string of the molecule is COc1ccc(-c2ccc(CCC(=O)NCc3ccccc3Cn3cccn3)o2)cc1. The molecule has 4 aromatic rings. The molecule has 0 radical (unpaired) electrons. The Morgan fingerprint density at radius 3 is 2.58 bits per heavy atom. The van der Waals surface area contributed by atoms with Crippen LogP contribution in [0.1, 0.15) is 23.3 Å². The van der Waals surface area contributed by atoms with Crippen molar-refractivity contribution in [3.63, 3.8) is 0 Å². The van der Waals surface area contributed by atoms with Crippen LogP contribution in [0.5, 0.6) is 5.75 Å². The first-order valence-electron chi connectivity index (χ1n) is 10.3. The van der Waals surface area contributed by atoms with Crippen LogP contribution in [0.3, 0.4) is 0 Å². The number of furan rings is 1. The Hall–Kier alpha value is -3.80. The Balaban J connectivity index is 1.29. The van der Waals surface area contributed by atoms with Crippen molar-refractivity contribution >= 4 is 5.91 Å². The molecule has 0 spiro atoms. The van der Waals surface area contributed by atoms with E-state index in [1.54, 1.807) is 13.3 Å². The lowest BCUT2D eigenvalue weighted by molar-refractivity contribution is -0.121. The Labute approximate surface area is 181 Å². The van der Waals surface area contributed by atoms with Crippen molar-refractivity contribution in [1.29, 1.82) is 0 Å². The quantitative estimate of drug-likeness (QED) is 0.439. The zero-order valence-corrected chi connectivity index (χ0v) is 17.5. The smallest absolute Gasteiger partial charge is 0.220 e. The number of hydrogen-bond donors (Lipinski definition) is 1. The monoisotopic (exact) mass is 415 g/mol. The van der Waals surface area contributed by atoms with Gasteiger partial charge in [-0.05, 0) is 53.6 Å². The van der Waals surface area contributed by atoms with Crippen molar-refractivity contribution in [2.24, 2.45) is 0 Å². The Bertz CT molecular complexity index is 1120. The number of methoxy groups -OCH3 is 1. The average molecular weight is 415 g/mol. The third-order valence-corrected chi connectivity index (χ3v) is 5.12. The number of nitrogens with one attached hydrogen (secondary N) is 1. The number of ether oxygens (including phenoxy) is 1. The maximum atomic E-state index is 12.4. The zero-order valence-electron chi connectivity index (χ0n) is 17.5. The summed E-state index contributed by atoms with van der Waals surface area (Å²) >= 11 is 0. The molecule has 6 nitrogen and oxygen atoms in total. The Morgan fingerprint density at radius 2 is 1.84 bits per heavy atom. The number of rotatable bonds is 9. The van der Waals surface area contributed by atoms with E-state index in [2.05, 4.69) is 16.5 Å². The third kappa shape index (κ3) is 5.42. The second kappa shape index (κ2) is 9.80. The highest BCUT2D eigenvalue weighted by Crippen LogP contribution is 2.25. The topological polar surface area (TPSA) is 69.3 Å². The normalized spacial score (nSPS) is 10.7. The number of nitrogens with zero attached hydrogens (tertiary/aromatic N) is 2. The predicted molar refractivity (Wildman–Crippen MR) is 119 cm³/mol. The summed E-state index contributed by atoms with van der Waals surface area (Å²) in [5.41, 5.74) is 3.21. The molecule has 1 N–H and O–H groups in total. The van der Waals surface area contributed by atoms with Crippen LogP contribution in [0.15, 0.2) is 83.5 Å². The molecule has 6 heteroatoms. The fourth-order valence-electron chi connectivity index (χ4n) is 3.39. The molecule has 0 unspecified atom stereocenters. The summed E-state index contributed by atoms with van der Waals surface area (Å²) in [5.74, 6) is 2.38. The summed E-state index contributed by atoms with van der Waals surface area (Å²) in [6.45, 7) is 1.17. The van der Waals surface area contributed by atoms with Crippen LogP contribution in [0, 0.1) is 0 Å². The van der Waals surface area contributed by atoms with Crippen LogP contribution in [-0.2, 0) is 24.3 Å². The van der Waals surface area contributed by atoms with E-state index in [4.69, 9.17) is 9.15 Å². The summed E-state index contributed by atoms with van der Waals surface area (Å²) in [6, 6.07) is 21.5. The molecule has 1 amide bonds. The minimum atomic E-state index is -0.00344. The average Bonchev–Trinajstić information content (AvgIpc) is 3.49. The number of amides is 1. The largest absolute Gasteiger partial charge is 0.497 e. The molecule has 0 aliphatic carbocycles. The molecule has 2 aromatic carbocycles. The molecule has 0 aliphatic rings. The number of aromatic nitrogens is 2. The van der Waals surface area contributed by atoms with Gasteiger partial charge in [0, 0.05) is 37.3 Å². The molecule has 4 rings (SSSR count). The zero-order chi connectivity index (χ0) is 21.5. The molecule has 0 atom stereocenters. The number of benzene rings is 2. The first-order valence-corrected chi connectivity index (χ1v) is 10.3. The van der Waals surface area contributed by atoms with Gasteiger partial charge in [-0.2, -0.15) is 5.10 Å². The molecule has 2 aromatic heterocycles. The first-order chi connectivity index (χ1) is 15.2. The van der Waals surface area contributed by atoms with Crippen molar-refractivity contribution < 1.29 is 13.9 Å². The summed E-state index contributed by atoms with van der Waals surface area (Å²) < 4.78 is 13.0. The molecule has 0 bridgehead atoms. The van der Waals surface area contributed by atoms with Crippen LogP contribution in [-0.4, -0.2) is 22.8 Å². The number of carbonyl (C=O) groups is 1. The van der Waals surface area contributed by atoms with Gasteiger partial charge in [-0.25, -0.2) is 0 Å². The summed E-state index contributed by atoms with van der Waals surface area (Å²) in [5, 5.41) is 7.27. The second-order valence-corrected chi connectivity index (χ2v) is 7.24. The van der Waals surface area contributed by atoms with Gasteiger partial charge in [-0.15, -0.1) is 0 Å². The van der Waals surface area contributed by atoms with Crippen LogP contribution in [0.25, 0.3) is 11.3 Å². The van der Waals surface area contributed by atoms with E-state index in [9.17, 15) is 4.79 Å². The lowest BCUT2D eigenvalue weighted by Crippen LogP contribution is -2.23. The van der Waals surface area contributed by atoms with Crippen molar-refractivity contribution in [3.8, 4) is 17.1 Å². The van der Waals surface area contributed by atoms with Crippen molar-refractivity contribution in [2.75, 3.05) is 7.11 Å².